The number of hydrogen-bond acceptors (Lipinski definition) is 3. The van der Waals surface area contributed by atoms with Gasteiger partial charge in [-0.1, -0.05) is 13.8 Å². The van der Waals surface area contributed by atoms with Crippen LogP contribution in [0.1, 0.15) is 20.3 Å². The molecule has 0 aromatic heterocycles. The van der Waals surface area contributed by atoms with E-state index in [9.17, 15) is 4.79 Å². The second-order valence-electron chi connectivity index (χ2n) is 4.42. The van der Waals surface area contributed by atoms with Gasteiger partial charge in [-0.25, -0.2) is 0 Å². The molecule has 14 heavy (non-hydrogen) atoms. The summed E-state index contributed by atoms with van der Waals surface area (Å²) in [5, 5.41) is 2.91. The number of rotatable bonds is 5. The van der Waals surface area contributed by atoms with Crippen LogP contribution in [-0.2, 0) is 9.53 Å². The first-order valence-electron chi connectivity index (χ1n) is 5.17. The molecule has 0 atom stereocenters. The molecule has 1 heterocycles. The fraction of sp³-hybridized carbons (Fsp3) is 0.900. The standard InChI is InChI=1S/C10H20N2O2/c1-8(2)3-4-12-9(13)10(5-11)6-14-7-10/h8H,3-7,11H2,1-2H3,(H,12,13). The second kappa shape index (κ2) is 4.75. The molecule has 0 aliphatic carbocycles. The van der Waals surface area contributed by atoms with Crippen LogP contribution in [0.4, 0.5) is 0 Å². The molecule has 4 heteroatoms. The smallest absolute Gasteiger partial charge is 0.232 e. The van der Waals surface area contributed by atoms with Gasteiger partial charge in [-0.2, -0.15) is 0 Å². The number of carbonyl (C=O) groups is 1. The molecule has 4 nitrogen and oxygen atoms in total. The van der Waals surface area contributed by atoms with E-state index in [1.54, 1.807) is 0 Å². The summed E-state index contributed by atoms with van der Waals surface area (Å²) in [7, 11) is 0. The fourth-order valence-corrected chi connectivity index (χ4v) is 1.35. The third-order valence-electron chi connectivity index (χ3n) is 2.64. The average molecular weight is 200 g/mol. The predicted octanol–water partition coefficient (Wildman–Crippen LogP) is 0.124. The van der Waals surface area contributed by atoms with E-state index in [0.29, 0.717) is 25.7 Å². The van der Waals surface area contributed by atoms with E-state index >= 15 is 0 Å². The van der Waals surface area contributed by atoms with Gasteiger partial charge in [-0.3, -0.25) is 4.79 Å². The van der Waals surface area contributed by atoms with Crippen molar-refractivity contribution in [1.82, 2.24) is 5.32 Å². The zero-order valence-electron chi connectivity index (χ0n) is 9.01. The third kappa shape index (κ3) is 2.45. The van der Waals surface area contributed by atoms with Gasteiger partial charge in [0.1, 0.15) is 5.41 Å². The summed E-state index contributed by atoms with van der Waals surface area (Å²) in [4.78, 5) is 11.7. The lowest BCUT2D eigenvalue weighted by Gasteiger charge is -2.38. The minimum absolute atomic E-state index is 0.0481. The lowest BCUT2D eigenvalue weighted by molar-refractivity contribution is -0.159. The van der Waals surface area contributed by atoms with Crippen molar-refractivity contribution in [3.63, 3.8) is 0 Å². The molecule has 3 N–H and O–H groups in total. The van der Waals surface area contributed by atoms with Gasteiger partial charge in [0, 0.05) is 13.1 Å². The summed E-state index contributed by atoms with van der Waals surface area (Å²) in [5.74, 6) is 0.661. The molecule has 0 unspecified atom stereocenters. The third-order valence-corrected chi connectivity index (χ3v) is 2.64. The van der Waals surface area contributed by atoms with Crippen molar-refractivity contribution in [2.24, 2.45) is 17.1 Å². The van der Waals surface area contributed by atoms with Gasteiger partial charge in [0.05, 0.1) is 13.2 Å². The molecule has 0 aromatic rings. The molecule has 0 saturated carbocycles. The highest BCUT2D eigenvalue weighted by Crippen LogP contribution is 2.25. The summed E-state index contributed by atoms with van der Waals surface area (Å²) in [5.41, 5.74) is 5.13. The predicted molar refractivity (Wildman–Crippen MR) is 54.8 cm³/mol. The Kier molecular flexibility index (Phi) is 3.89. The van der Waals surface area contributed by atoms with Crippen LogP contribution >= 0.6 is 0 Å². The van der Waals surface area contributed by atoms with E-state index in [0.717, 1.165) is 13.0 Å². The van der Waals surface area contributed by atoms with E-state index in [1.807, 2.05) is 0 Å². The van der Waals surface area contributed by atoms with Crippen LogP contribution < -0.4 is 11.1 Å². The van der Waals surface area contributed by atoms with Crippen molar-refractivity contribution in [2.45, 2.75) is 20.3 Å². The lowest BCUT2D eigenvalue weighted by Crippen LogP contribution is -2.58. The number of hydrogen-bond donors (Lipinski definition) is 2. The molecule has 0 spiro atoms. The fourth-order valence-electron chi connectivity index (χ4n) is 1.35. The van der Waals surface area contributed by atoms with Crippen LogP contribution in [0.3, 0.4) is 0 Å². The van der Waals surface area contributed by atoms with Crippen LogP contribution in [0.25, 0.3) is 0 Å². The highest BCUT2D eigenvalue weighted by atomic mass is 16.5. The largest absolute Gasteiger partial charge is 0.379 e. The Morgan fingerprint density at radius 2 is 2.21 bits per heavy atom. The topological polar surface area (TPSA) is 64.4 Å². The van der Waals surface area contributed by atoms with Gasteiger partial charge >= 0.3 is 0 Å². The molecule has 1 aliphatic rings. The molecule has 0 aromatic carbocycles. The Hall–Kier alpha value is -0.610. The Bertz CT molecular complexity index is 195. The van der Waals surface area contributed by atoms with Crippen molar-refractivity contribution in [3.8, 4) is 0 Å². The summed E-state index contributed by atoms with van der Waals surface area (Å²) < 4.78 is 5.04. The minimum Gasteiger partial charge on any atom is -0.379 e. The SMILES string of the molecule is CC(C)CCNC(=O)C1(CN)COC1. The van der Waals surface area contributed by atoms with Gasteiger partial charge in [0.25, 0.3) is 0 Å². The molecule has 1 fully saturated rings. The quantitative estimate of drug-likeness (QED) is 0.662. The first-order chi connectivity index (χ1) is 6.60. The van der Waals surface area contributed by atoms with Gasteiger partial charge in [0.2, 0.25) is 5.91 Å². The van der Waals surface area contributed by atoms with Gasteiger partial charge < -0.3 is 15.8 Å². The number of nitrogens with two attached hydrogens (primary N) is 1. The first-order valence-corrected chi connectivity index (χ1v) is 5.17. The summed E-state index contributed by atoms with van der Waals surface area (Å²) >= 11 is 0. The maximum Gasteiger partial charge on any atom is 0.232 e. The van der Waals surface area contributed by atoms with Crippen LogP contribution in [0.15, 0.2) is 0 Å². The van der Waals surface area contributed by atoms with E-state index in [-0.39, 0.29) is 5.91 Å². The van der Waals surface area contributed by atoms with Crippen LogP contribution in [0.2, 0.25) is 0 Å². The van der Waals surface area contributed by atoms with Crippen molar-refractivity contribution < 1.29 is 9.53 Å². The maximum absolute atomic E-state index is 11.7. The van der Waals surface area contributed by atoms with Gasteiger partial charge in [0.15, 0.2) is 0 Å². The second-order valence-corrected chi connectivity index (χ2v) is 4.42. The summed E-state index contributed by atoms with van der Waals surface area (Å²) in [6.45, 7) is 6.32. The first kappa shape index (κ1) is 11.5. The highest BCUT2D eigenvalue weighted by Gasteiger charge is 2.44. The zero-order chi connectivity index (χ0) is 10.6. The number of nitrogens with one attached hydrogen (secondary N) is 1. The molecule has 1 rings (SSSR count). The van der Waals surface area contributed by atoms with Crippen LogP contribution in [0, 0.1) is 11.3 Å². The Balaban J connectivity index is 2.27. The molecular weight excluding hydrogens is 180 g/mol. The highest BCUT2D eigenvalue weighted by molar-refractivity contribution is 5.84. The van der Waals surface area contributed by atoms with Crippen molar-refractivity contribution in [3.05, 3.63) is 0 Å². The Morgan fingerprint density at radius 3 is 2.57 bits per heavy atom. The number of ether oxygens (including phenoxy) is 1. The van der Waals surface area contributed by atoms with Crippen LogP contribution in [-0.4, -0.2) is 32.2 Å². The van der Waals surface area contributed by atoms with Crippen molar-refractivity contribution in [1.29, 1.82) is 0 Å². The normalized spacial score (nSPS) is 19.1. The number of carbonyl (C=O) groups excluding carboxylic acids is 1. The molecule has 0 radical (unpaired) electrons. The van der Waals surface area contributed by atoms with E-state index in [1.165, 1.54) is 0 Å². The van der Waals surface area contributed by atoms with Gasteiger partial charge in [-0.15, -0.1) is 0 Å². The molecule has 1 aliphatic heterocycles. The monoisotopic (exact) mass is 200 g/mol. The van der Waals surface area contributed by atoms with E-state index in [4.69, 9.17) is 10.5 Å². The van der Waals surface area contributed by atoms with Crippen molar-refractivity contribution in [2.75, 3.05) is 26.3 Å². The maximum atomic E-state index is 11.7. The zero-order valence-corrected chi connectivity index (χ0v) is 9.01. The number of amides is 1. The van der Waals surface area contributed by atoms with Gasteiger partial charge in [-0.05, 0) is 12.3 Å². The summed E-state index contributed by atoms with van der Waals surface area (Å²) in [6, 6.07) is 0. The molecular formula is C10H20N2O2. The molecule has 82 valence electrons. The summed E-state index contributed by atoms with van der Waals surface area (Å²) in [6.07, 6.45) is 1.01. The molecule has 1 amide bonds. The Morgan fingerprint density at radius 1 is 1.57 bits per heavy atom. The molecule has 1 saturated heterocycles. The van der Waals surface area contributed by atoms with Crippen molar-refractivity contribution >= 4 is 5.91 Å². The van der Waals surface area contributed by atoms with Crippen LogP contribution in [0.5, 0.6) is 0 Å². The molecule has 0 bridgehead atoms. The van der Waals surface area contributed by atoms with E-state index in [2.05, 4.69) is 19.2 Å². The lowest BCUT2D eigenvalue weighted by atomic mass is 9.85. The van der Waals surface area contributed by atoms with E-state index < -0.39 is 5.41 Å². The average Bonchev–Trinajstić information content (AvgIpc) is 2.02. The minimum atomic E-state index is -0.434. The Labute approximate surface area is 85.2 Å².